The van der Waals surface area contributed by atoms with E-state index in [9.17, 15) is 14.9 Å². The number of nitro benzene ring substituents is 1. The highest BCUT2D eigenvalue weighted by molar-refractivity contribution is 7.16. The Morgan fingerprint density at radius 1 is 1.27 bits per heavy atom. The summed E-state index contributed by atoms with van der Waals surface area (Å²) in [4.78, 5) is 27.3. The number of fused-ring (bicyclic) bond motifs is 1. The SMILES string of the molecule is CCn1c(=NC(=O)C=Cc2ccc([N+](=O)[O-])cc2)sc2cc(C)ccc21. The number of non-ortho nitro benzene ring substituents is 1. The Morgan fingerprint density at radius 2 is 2.00 bits per heavy atom. The van der Waals surface area contributed by atoms with Crippen LogP contribution in [-0.2, 0) is 11.3 Å². The molecule has 1 aromatic heterocycles. The summed E-state index contributed by atoms with van der Waals surface area (Å²) >= 11 is 1.48. The van der Waals surface area contributed by atoms with E-state index in [-0.39, 0.29) is 11.6 Å². The predicted molar refractivity (Wildman–Crippen MR) is 103 cm³/mol. The van der Waals surface area contributed by atoms with Crippen LogP contribution in [0.5, 0.6) is 0 Å². The molecule has 0 spiro atoms. The van der Waals surface area contributed by atoms with Crippen molar-refractivity contribution in [3.05, 3.63) is 74.6 Å². The number of thiazole rings is 1. The first-order valence-electron chi connectivity index (χ1n) is 8.09. The molecule has 3 aromatic rings. The maximum absolute atomic E-state index is 12.2. The Morgan fingerprint density at radius 3 is 2.65 bits per heavy atom. The van der Waals surface area contributed by atoms with Gasteiger partial charge in [-0.1, -0.05) is 17.4 Å². The summed E-state index contributed by atoms with van der Waals surface area (Å²) < 4.78 is 3.11. The molecule has 7 heteroatoms. The van der Waals surface area contributed by atoms with Gasteiger partial charge in [-0.3, -0.25) is 14.9 Å². The van der Waals surface area contributed by atoms with Crippen molar-refractivity contribution in [1.82, 2.24) is 4.57 Å². The number of carbonyl (C=O) groups is 1. The average Bonchev–Trinajstić information content (AvgIpc) is 2.96. The van der Waals surface area contributed by atoms with E-state index in [0.29, 0.717) is 10.4 Å². The summed E-state index contributed by atoms with van der Waals surface area (Å²) in [6, 6.07) is 12.2. The second-order valence-corrected chi connectivity index (χ2v) is 6.74. The van der Waals surface area contributed by atoms with Crippen LogP contribution in [0.25, 0.3) is 16.3 Å². The van der Waals surface area contributed by atoms with Crippen LogP contribution in [-0.4, -0.2) is 15.4 Å². The highest BCUT2D eigenvalue weighted by Crippen LogP contribution is 2.19. The minimum atomic E-state index is -0.458. The molecule has 0 aliphatic heterocycles. The zero-order valence-corrected chi connectivity index (χ0v) is 15.2. The van der Waals surface area contributed by atoms with E-state index in [0.717, 1.165) is 22.3 Å². The topological polar surface area (TPSA) is 77.5 Å². The van der Waals surface area contributed by atoms with Gasteiger partial charge in [0.05, 0.1) is 15.1 Å². The van der Waals surface area contributed by atoms with Crippen LogP contribution < -0.4 is 4.80 Å². The molecule has 1 amide bonds. The quantitative estimate of drug-likeness (QED) is 0.396. The smallest absolute Gasteiger partial charge is 0.272 e. The molecule has 0 unspecified atom stereocenters. The van der Waals surface area contributed by atoms with Gasteiger partial charge >= 0.3 is 0 Å². The zero-order chi connectivity index (χ0) is 18.7. The van der Waals surface area contributed by atoms with Crippen LogP contribution in [0.3, 0.4) is 0 Å². The molecule has 0 radical (unpaired) electrons. The number of aryl methyl sites for hydroxylation is 2. The number of nitrogens with zero attached hydrogens (tertiary/aromatic N) is 3. The van der Waals surface area contributed by atoms with E-state index in [1.54, 1.807) is 18.2 Å². The lowest BCUT2D eigenvalue weighted by Crippen LogP contribution is -2.15. The van der Waals surface area contributed by atoms with Gasteiger partial charge in [-0.15, -0.1) is 0 Å². The summed E-state index contributed by atoms with van der Waals surface area (Å²) in [5.74, 6) is -0.367. The molecule has 6 nitrogen and oxygen atoms in total. The van der Waals surface area contributed by atoms with E-state index < -0.39 is 4.92 Å². The molecule has 0 fully saturated rings. The Kier molecular flexibility index (Phi) is 5.09. The molecule has 0 bridgehead atoms. The van der Waals surface area contributed by atoms with Crippen LogP contribution in [0.2, 0.25) is 0 Å². The molecule has 2 aromatic carbocycles. The minimum Gasteiger partial charge on any atom is -0.317 e. The highest BCUT2D eigenvalue weighted by atomic mass is 32.1. The zero-order valence-electron chi connectivity index (χ0n) is 14.4. The number of amides is 1. The van der Waals surface area contributed by atoms with E-state index in [2.05, 4.69) is 11.1 Å². The average molecular weight is 367 g/mol. The van der Waals surface area contributed by atoms with E-state index in [4.69, 9.17) is 0 Å². The lowest BCUT2D eigenvalue weighted by atomic mass is 10.2. The Hall–Kier alpha value is -3.06. The molecule has 0 aliphatic carbocycles. The van der Waals surface area contributed by atoms with Crippen LogP contribution in [0, 0.1) is 17.0 Å². The maximum Gasteiger partial charge on any atom is 0.272 e. The minimum absolute atomic E-state index is 0.0164. The van der Waals surface area contributed by atoms with Gasteiger partial charge in [0, 0.05) is 24.8 Å². The predicted octanol–water partition coefficient (Wildman–Crippen LogP) is 4.08. The van der Waals surface area contributed by atoms with Crippen molar-refractivity contribution in [2.24, 2.45) is 4.99 Å². The molecule has 1 heterocycles. The fourth-order valence-electron chi connectivity index (χ4n) is 2.58. The van der Waals surface area contributed by atoms with Gasteiger partial charge in [0.15, 0.2) is 4.80 Å². The van der Waals surface area contributed by atoms with Crippen LogP contribution in [0.1, 0.15) is 18.1 Å². The number of hydrogen-bond donors (Lipinski definition) is 0. The normalized spacial score (nSPS) is 12.2. The Balaban J connectivity index is 1.88. The lowest BCUT2D eigenvalue weighted by molar-refractivity contribution is -0.384. The van der Waals surface area contributed by atoms with Crippen molar-refractivity contribution in [3.63, 3.8) is 0 Å². The second-order valence-electron chi connectivity index (χ2n) is 5.73. The standard InChI is InChI=1S/C19H17N3O3S/c1-3-21-16-10-4-13(2)12-17(16)26-19(21)20-18(23)11-7-14-5-8-15(9-6-14)22(24)25/h4-12H,3H2,1-2H3. The van der Waals surface area contributed by atoms with Gasteiger partial charge in [-0.25, -0.2) is 0 Å². The molecule has 0 saturated carbocycles. The van der Waals surface area contributed by atoms with Crippen molar-refractivity contribution in [2.45, 2.75) is 20.4 Å². The van der Waals surface area contributed by atoms with Gasteiger partial charge in [0.25, 0.3) is 11.6 Å². The third kappa shape index (κ3) is 3.78. The summed E-state index contributed by atoms with van der Waals surface area (Å²) in [5.41, 5.74) is 2.95. The van der Waals surface area contributed by atoms with E-state index in [1.807, 2.05) is 30.5 Å². The lowest BCUT2D eigenvalue weighted by Gasteiger charge is -1.99. The van der Waals surface area contributed by atoms with Gasteiger partial charge < -0.3 is 4.57 Å². The number of carbonyl (C=O) groups excluding carboxylic acids is 1. The molecular weight excluding hydrogens is 350 g/mol. The first-order valence-corrected chi connectivity index (χ1v) is 8.91. The fraction of sp³-hybridized carbons (Fsp3) is 0.158. The molecule has 0 atom stereocenters. The van der Waals surface area contributed by atoms with Gasteiger partial charge in [-0.2, -0.15) is 4.99 Å². The monoisotopic (exact) mass is 367 g/mol. The van der Waals surface area contributed by atoms with Crippen molar-refractivity contribution >= 4 is 39.2 Å². The van der Waals surface area contributed by atoms with Gasteiger partial charge in [-0.05, 0) is 55.3 Å². The van der Waals surface area contributed by atoms with Crippen molar-refractivity contribution in [1.29, 1.82) is 0 Å². The van der Waals surface area contributed by atoms with Gasteiger partial charge in [0.2, 0.25) is 0 Å². The van der Waals surface area contributed by atoms with Gasteiger partial charge in [0.1, 0.15) is 0 Å². The molecular formula is C19H17N3O3S. The molecule has 0 aliphatic rings. The van der Waals surface area contributed by atoms with Crippen LogP contribution >= 0.6 is 11.3 Å². The van der Waals surface area contributed by atoms with Crippen molar-refractivity contribution < 1.29 is 9.72 Å². The first kappa shape index (κ1) is 17.8. The fourth-order valence-corrected chi connectivity index (χ4v) is 3.78. The summed E-state index contributed by atoms with van der Waals surface area (Å²) in [7, 11) is 0. The summed E-state index contributed by atoms with van der Waals surface area (Å²) in [6.07, 6.45) is 2.97. The second kappa shape index (κ2) is 7.45. The van der Waals surface area contributed by atoms with Crippen LogP contribution in [0.4, 0.5) is 5.69 Å². The number of nitro groups is 1. The summed E-state index contributed by atoms with van der Waals surface area (Å²) in [6.45, 7) is 4.77. The third-order valence-corrected chi connectivity index (χ3v) is 4.92. The Labute approximate surface area is 153 Å². The highest BCUT2D eigenvalue weighted by Gasteiger charge is 2.06. The molecule has 0 saturated heterocycles. The number of rotatable bonds is 4. The molecule has 26 heavy (non-hydrogen) atoms. The first-order chi connectivity index (χ1) is 12.5. The maximum atomic E-state index is 12.2. The number of aromatic nitrogens is 1. The van der Waals surface area contributed by atoms with E-state index >= 15 is 0 Å². The van der Waals surface area contributed by atoms with Crippen LogP contribution in [0.15, 0.2) is 53.5 Å². The molecule has 0 N–H and O–H groups in total. The molecule has 3 rings (SSSR count). The third-order valence-electron chi connectivity index (χ3n) is 3.88. The van der Waals surface area contributed by atoms with Crippen molar-refractivity contribution in [3.8, 4) is 0 Å². The Bertz CT molecular complexity index is 1080. The van der Waals surface area contributed by atoms with E-state index in [1.165, 1.54) is 29.5 Å². The number of benzene rings is 2. The summed E-state index contributed by atoms with van der Waals surface area (Å²) in [5, 5.41) is 10.7. The largest absolute Gasteiger partial charge is 0.317 e. The van der Waals surface area contributed by atoms with Crippen molar-refractivity contribution in [2.75, 3.05) is 0 Å². The molecule has 132 valence electrons. The number of hydrogen-bond acceptors (Lipinski definition) is 4.